The van der Waals surface area contributed by atoms with Crippen molar-refractivity contribution in [1.29, 1.82) is 5.26 Å². The summed E-state index contributed by atoms with van der Waals surface area (Å²) in [6.07, 6.45) is 0. The van der Waals surface area contributed by atoms with E-state index in [1.165, 1.54) is 0 Å². The van der Waals surface area contributed by atoms with E-state index in [0.717, 1.165) is 10.0 Å². The summed E-state index contributed by atoms with van der Waals surface area (Å²) < 4.78 is 11.2. The van der Waals surface area contributed by atoms with Crippen LogP contribution in [0.4, 0.5) is 0 Å². The SMILES string of the molecule is N#Cc1cccc(COC(=O)COc2ccc(Br)cc2Cl)c1. The Bertz CT molecular complexity index is 728. The first-order chi connectivity index (χ1) is 10.6. The maximum absolute atomic E-state index is 11.7. The van der Waals surface area contributed by atoms with E-state index in [0.29, 0.717) is 16.3 Å². The molecule has 2 aromatic rings. The number of nitrogens with zero attached hydrogens (tertiary/aromatic N) is 1. The molecule has 0 aliphatic rings. The van der Waals surface area contributed by atoms with Gasteiger partial charge in [0.25, 0.3) is 0 Å². The zero-order chi connectivity index (χ0) is 15.9. The molecule has 0 aliphatic heterocycles. The molecule has 0 fully saturated rings. The molecule has 0 atom stereocenters. The summed E-state index contributed by atoms with van der Waals surface area (Å²) in [4.78, 5) is 11.7. The predicted molar refractivity (Wildman–Crippen MR) is 85.6 cm³/mol. The summed E-state index contributed by atoms with van der Waals surface area (Å²) in [5.41, 5.74) is 1.26. The maximum Gasteiger partial charge on any atom is 0.344 e. The molecule has 4 nitrogen and oxygen atoms in total. The third-order valence-corrected chi connectivity index (χ3v) is 3.48. The smallest absolute Gasteiger partial charge is 0.344 e. The molecular formula is C16H11BrClNO3. The van der Waals surface area contributed by atoms with Gasteiger partial charge in [0.15, 0.2) is 6.61 Å². The molecular weight excluding hydrogens is 370 g/mol. The minimum atomic E-state index is -0.513. The van der Waals surface area contributed by atoms with E-state index < -0.39 is 5.97 Å². The molecule has 6 heteroatoms. The third-order valence-electron chi connectivity index (χ3n) is 2.70. The lowest BCUT2D eigenvalue weighted by Gasteiger charge is -2.08. The molecule has 0 bridgehead atoms. The summed E-state index contributed by atoms with van der Waals surface area (Å²) >= 11 is 9.27. The second-order valence-electron chi connectivity index (χ2n) is 4.34. The Morgan fingerprint density at radius 1 is 1.27 bits per heavy atom. The van der Waals surface area contributed by atoms with Gasteiger partial charge in [0, 0.05) is 4.47 Å². The van der Waals surface area contributed by atoms with Crippen molar-refractivity contribution >= 4 is 33.5 Å². The summed E-state index contributed by atoms with van der Waals surface area (Å²) in [7, 11) is 0. The number of carbonyl (C=O) groups excluding carboxylic acids is 1. The Hall–Kier alpha value is -2.03. The Morgan fingerprint density at radius 2 is 2.09 bits per heavy atom. The number of nitriles is 1. The van der Waals surface area contributed by atoms with Crippen molar-refractivity contribution in [3.05, 3.63) is 63.1 Å². The van der Waals surface area contributed by atoms with E-state index in [-0.39, 0.29) is 13.2 Å². The fourth-order valence-corrected chi connectivity index (χ4v) is 2.39. The van der Waals surface area contributed by atoms with Crippen molar-refractivity contribution in [3.63, 3.8) is 0 Å². The lowest BCUT2D eigenvalue weighted by molar-refractivity contribution is -0.147. The van der Waals surface area contributed by atoms with Gasteiger partial charge in [-0.15, -0.1) is 0 Å². The fraction of sp³-hybridized carbons (Fsp3) is 0.125. The first kappa shape index (κ1) is 16.3. The number of rotatable bonds is 5. The van der Waals surface area contributed by atoms with Gasteiger partial charge in [0.1, 0.15) is 12.4 Å². The molecule has 112 valence electrons. The first-order valence-corrected chi connectivity index (χ1v) is 7.48. The third kappa shape index (κ3) is 4.76. The molecule has 22 heavy (non-hydrogen) atoms. The zero-order valence-electron chi connectivity index (χ0n) is 11.4. The lowest BCUT2D eigenvalue weighted by atomic mass is 10.1. The Balaban J connectivity index is 1.84. The second kappa shape index (κ2) is 7.83. The topological polar surface area (TPSA) is 59.3 Å². The Labute approximate surface area is 141 Å². The van der Waals surface area contributed by atoms with Crippen LogP contribution in [0, 0.1) is 11.3 Å². The van der Waals surface area contributed by atoms with E-state index >= 15 is 0 Å². The molecule has 0 unspecified atom stereocenters. The summed E-state index contributed by atoms with van der Waals surface area (Å²) in [6, 6.07) is 14.0. The van der Waals surface area contributed by atoms with Crippen LogP contribution in [0.2, 0.25) is 5.02 Å². The number of carbonyl (C=O) groups is 1. The van der Waals surface area contributed by atoms with Crippen LogP contribution in [0.1, 0.15) is 11.1 Å². The van der Waals surface area contributed by atoms with E-state index in [9.17, 15) is 4.79 Å². The number of halogens is 2. The Morgan fingerprint density at radius 3 is 2.82 bits per heavy atom. The largest absolute Gasteiger partial charge is 0.480 e. The van der Waals surface area contributed by atoms with Crippen molar-refractivity contribution < 1.29 is 14.3 Å². The molecule has 0 N–H and O–H groups in total. The summed E-state index contributed by atoms with van der Waals surface area (Å²) in [5, 5.41) is 9.21. The fourth-order valence-electron chi connectivity index (χ4n) is 1.67. The van der Waals surface area contributed by atoms with E-state index in [1.54, 1.807) is 42.5 Å². The van der Waals surface area contributed by atoms with Crippen molar-refractivity contribution in [3.8, 4) is 11.8 Å². The van der Waals surface area contributed by atoms with E-state index in [4.69, 9.17) is 26.3 Å². The minimum Gasteiger partial charge on any atom is -0.480 e. The Kier molecular flexibility index (Phi) is 5.82. The van der Waals surface area contributed by atoms with Crippen LogP contribution in [-0.4, -0.2) is 12.6 Å². The van der Waals surface area contributed by atoms with Gasteiger partial charge in [0.05, 0.1) is 16.7 Å². The number of hydrogen-bond acceptors (Lipinski definition) is 4. The van der Waals surface area contributed by atoms with E-state index in [1.807, 2.05) is 6.07 Å². The van der Waals surface area contributed by atoms with Crippen LogP contribution in [-0.2, 0) is 16.1 Å². The molecule has 0 heterocycles. The highest BCUT2D eigenvalue weighted by molar-refractivity contribution is 9.10. The normalized spacial score (nSPS) is 9.86. The molecule has 0 aliphatic carbocycles. The molecule has 0 saturated heterocycles. The van der Waals surface area contributed by atoms with Gasteiger partial charge in [-0.3, -0.25) is 0 Å². The van der Waals surface area contributed by atoms with Crippen LogP contribution in [0.25, 0.3) is 0 Å². The van der Waals surface area contributed by atoms with Crippen molar-refractivity contribution in [1.82, 2.24) is 0 Å². The summed E-state index contributed by atoms with van der Waals surface area (Å²) in [6.45, 7) is -0.148. The zero-order valence-corrected chi connectivity index (χ0v) is 13.7. The molecule has 0 aromatic heterocycles. The van der Waals surface area contributed by atoms with Crippen molar-refractivity contribution in [2.24, 2.45) is 0 Å². The van der Waals surface area contributed by atoms with Crippen LogP contribution >= 0.6 is 27.5 Å². The van der Waals surface area contributed by atoms with E-state index in [2.05, 4.69) is 15.9 Å². The van der Waals surface area contributed by atoms with Gasteiger partial charge >= 0.3 is 5.97 Å². The highest BCUT2D eigenvalue weighted by atomic mass is 79.9. The van der Waals surface area contributed by atoms with Gasteiger partial charge in [-0.25, -0.2) is 4.79 Å². The maximum atomic E-state index is 11.7. The molecule has 0 spiro atoms. The monoisotopic (exact) mass is 379 g/mol. The van der Waals surface area contributed by atoms with Gasteiger partial charge in [-0.05, 0) is 35.9 Å². The average Bonchev–Trinajstić information content (AvgIpc) is 2.52. The number of esters is 1. The molecule has 0 amide bonds. The average molecular weight is 381 g/mol. The molecule has 2 rings (SSSR count). The van der Waals surface area contributed by atoms with Gasteiger partial charge in [-0.2, -0.15) is 5.26 Å². The highest BCUT2D eigenvalue weighted by Crippen LogP contribution is 2.27. The highest BCUT2D eigenvalue weighted by Gasteiger charge is 2.08. The molecule has 0 saturated carbocycles. The molecule has 2 aromatic carbocycles. The number of hydrogen-bond donors (Lipinski definition) is 0. The summed E-state index contributed by atoms with van der Waals surface area (Å²) in [5.74, 6) is -0.102. The first-order valence-electron chi connectivity index (χ1n) is 6.31. The lowest BCUT2D eigenvalue weighted by Crippen LogP contribution is -2.14. The number of ether oxygens (including phenoxy) is 2. The number of benzene rings is 2. The quantitative estimate of drug-likeness (QED) is 0.733. The minimum absolute atomic E-state index is 0.0891. The van der Waals surface area contributed by atoms with Crippen LogP contribution in [0.5, 0.6) is 5.75 Å². The second-order valence-corrected chi connectivity index (χ2v) is 5.66. The van der Waals surface area contributed by atoms with Gasteiger partial charge < -0.3 is 9.47 Å². The van der Waals surface area contributed by atoms with Crippen molar-refractivity contribution in [2.45, 2.75) is 6.61 Å². The van der Waals surface area contributed by atoms with Crippen LogP contribution < -0.4 is 4.74 Å². The standard InChI is InChI=1S/C16H11BrClNO3/c17-13-4-5-15(14(18)7-13)21-10-16(20)22-9-12-3-1-2-11(6-12)8-19/h1-7H,9-10H2. The van der Waals surface area contributed by atoms with Gasteiger partial charge in [-0.1, -0.05) is 39.7 Å². The van der Waals surface area contributed by atoms with Crippen LogP contribution in [0.15, 0.2) is 46.9 Å². The predicted octanol–water partition coefficient (Wildman–Crippen LogP) is 4.10. The van der Waals surface area contributed by atoms with Gasteiger partial charge in [0.2, 0.25) is 0 Å². The van der Waals surface area contributed by atoms with Crippen molar-refractivity contribution in [2.75, 3.05) is 6.61 Å². The van der Waals surface area contributed by atoms with Crippen LogP contribution in [0.3, 0.4) is 0 Å². The molecule has 0 radical (unpaired) electrons.